The van der Waals surface area contributed by atoms with Crippen molar-refractivity contribution in [2.45, 2.75) is 49.8 Å². The molecule has 0 aromatic carbocycles. The largest absolute Gasteiger partial charge is 0.459 e. The number of sulfonamides is 1. The minimum atomic E-state index is -3.98. The summed E-state index contributed by atoms with van der Waals surface area (Å²) >= 11 is 0. The number of hydrogen-bond donors (Lipinski definition) is 1. The predicted molar refractivity (Wildman–Crippen MR) is 116 cm³/mol. The van der Waals surface area contributed by atoms with Crippen LogP contribution >= 0.6 is 0 Å². The SMILES string of the molecule is CC(C)CC(NC(=O)c1ccco1)C(=O)N1CCC2C1C(=O)CN2S(=O)(=O)c1ccccn1. The average Bonchev–Trinajstić information content (AvgIpc) is 3.52. The van der Waals surface area contributed by atoms with Gasteiger partial charge in [0.2, 0.25) is 5.91 Å². The van der Waals surface area contributed by atoms with Gasteiger partial charge in [-0.15, -0.1) is 0 Å². The summed E-state index contributed by atoms with van der Waals surface area (Å²) in [6, 6.07) is 5.23. The lowest BCUT2D eigenvalue weighted by Crippen LogP contribution is -2.52. The fourth-order valence-electron chi connectivity index (χ4n) is 4.49. The molecular weight excluding hydrogens is 448 g/mol. The van der Waals surface area contributed by atoms with Crippen LogP contribution in [0.5, 0.6) is 0 Å². The van der Waals surface area contributed by atoms with Crippen LogP contribution in [0.1, 0.15) is 37.2 Å². The smallest absolute Gasteiger partial charge is 0.287 e. The zero-order valence-corrected chi connectivity index (χ0v) is 19.2. The minimum Gasteiger partial charge on any atom is -0.459 e. The minimum absolute atomic E-state index is 0.0837. The first-order valence-corrected chi connectivity index (χ1v) is 12.2. The van der Waals surface area contributed by atoms with Gasteiger partial charge in [-0.25, -0.2) is 13.4 Å². The number of hydrogen-bond acceptors (Lipinski definition) is 7. The third-order valence-corrected chi connectivity index (χ3v) is 7.71. The van der Waals surface area contributed by atoms with Crippen molar-refractivity contribution in [1.29, 1.82) is 0 Å². The maximum absolute atomic E-state index is 13.4. The second kappa shape index (κ2) is 9.06. The zero-order valence-electron chi connectivity index (χ0n) is 18.4. The number of furan rings is 1. The van der Waals surface area contributed by atoms with Crippen LogP contribution < -0.4 is 5.32 Å². The Morgan fingerprint density at radius 1 is 1.24 bits per heavy atom. The van der Waals surface area contributed by atoms with Gasteiger partial charge in [0.05, 0.1) is 18.8 Å². The van der Waals surface area contributed by atoms with E-state index >= 15 is 0 Å². The molecule has 10 nitrogen and oxygen atoms in total. The Morgan fingerprint density at radius 2 is 2.03 bits per heavy atom. The van der Waals surface area contributed by atoms with E-state index in [1.807, 2.05) is 13.8 Å². The number of Topliss-reactive ketones (excluding diaryl/α,β-unsaturated/α-hetero) is 1. The number of nitrogens with zero attached hydrogens (tertiary/aromatic N) is 3. The number of fused-ring (bicyclic) bond motifs is 1. The number of carbonyl (C=O) groups is 3. The van der Waals surface area contributed by atoms with E-state index in [0.717, 1.165) is 4.31 Å². The highest BCUT2D eigenvalue weighted by Crippen LogP contribution is 2.34. The lowest BCUT2D eigenvalue weighted by atomic mass is 10.0. The van der Waals surface area contributed by atoms with Crippen molar-refractivity contribution in [2.24, 2.45) is 5.92 Å². The van der Waals surface area contributed by atoms with Gasteiger partial charge in [0.15, 0.2) is 16.6 Å². The van der Waals surface area contributed by atoms with Crippen LogP contribution in [-0.4, -0.2) is 71.4 Å². The van der Waals surface area contributed by atoms with Gasteiger partial charge in [-0.05, 0) is 43.0 Å². The van der Waals surface area contributed by atoms with Gasteiger partial charge in [-0.2, -0.15) is 4.31 Å². The Morgan fingerprint density at radius 3 is 2.67 bits per heavy atom. The van der Waals surface area contributed by atoms with Crippen LogP contribution in [0.2, 0.25) is 0 Å². The van der Waals surface area contributed by atoms with E-state index in [1.54, 1.807) is 18.2 Å². The molecule has 33 heavy (non-hydrogen) atoms. The van der Waals surface area contributed by atoms with Crippen molar-refractivity contribution >= 4 is 27.6 Å². The molecule has 4 rings (SSSR count). The number of amides is 2. The van der Waals surface area contributed by atoms with Gasteiger partial charge in [0, 0.05) is 12.7 Å². The normalized spacial score (nSPS) is 21.9. The molecule has 0 spiro atoms. The molecule has 1 N–H and O–H groups in total. The van der Waals surface area contributed by atoms with E-state index in [-0.39, 0.29) is 35.6 Å². The van der Waals surface area contributed by atoms with Crippen LogP contribution in [-0.2, 0) is 19.6 Å². The molecule has 0 aliphatic carbocycles. The first kappa shape index (κ1) is 23.1. The van der Waals surface area contributed by atoms with Crippen LogP contribution in [0.4, 0.5) is 0 Å². The van der Waals surface area contributed by atoms with Gasteiger partial charge >= 0.3 is 0 Å². The van der Waals surface area contributed by atoms with Crippen molar-refractivity contribution in [3.63, 3.8) is 0 Å². The van der Waals surface area contributed by atoms with Crippen molar-refractivity contribution < 1.29 is 27.2 Å². The molecule has 3 atom stereocenters. The topological polar surface area (TPSA) is 130 Å². The van der Waals surface area contributed by atoms with Crippen molar-refractivity contribution in [1.82, 2.24) is 19.5 Å². The third-order valence-electron chi connectivity index (χ3n) is 5.93. The van der Waals surface area contributed by atoms with E-state index in [0.29, 0.717) is 12.8 Å². The number of pyridine rings is 1. The molecule has 2 amide bonds. The summed E-state index contributed by atoms with van der Waals surface area (Å²) in [5.41, 5.74) is 0. The Bertz CT molecular complexity index is 1130. The van der Waals surface area contributed by atoms with E-state index < -0.39 is 40.0 Å². The van der Waals surface area contributed by atoms with Gasteiger partial charge in [0.1, 0.15) is 12.1 Å². The molecule has 2 aliphatic rings. The molecule has 4 heterocycles. The fourth-order valence-corrected chi connectivity index (χ4v) is 6.05. The first-order valence-electron chi connectivity index (χ1n) is 10.8. The molecular formula is C22H26N4O6S. The number of nitrogens with one attached hydrogen (secondary N) is 1. The molecule has 11 heteroatoms. The van der Waals surface area contributed by atoms with Gasteiger partial charge in [0.25, 0.3) is 15.9 Å². The van der Waals surface area contributed by atoms with E-state index in [9.17, 15) is 22.8 Å². The molecule has 2 saturated heterocycles. The Labute approximate surface area is 192 Å². The second-order valence-corrected chi connectivity index (χ2v) is 10.5. The Hall–Kier alpha value is -3.05. The van der Waals surface area contributed by atoms with Gasteiger partial charge < -0.3 is 14.6 Å². The van der Waals surface area contributed by atoms with Gasteiger partial charge in [-0.1, -0.05) is 19.9 Å². The van der Waals surface area contributed by atoms with E-state index in [2.05, 4.69) is 10.3 Å². The summed E-state index contributed by atoms with van der Waals surface area (Å²) in [6.07, 6.45) is 3.44. The standard InChI is InChI=1S/C22H26N4O6S/c1-14(2)12-15(24-21(28)18-6-5-11-32-18)22(29)25-10-8-16-20(25)17(27)13-26(16)33(30,31)19-7-3-4-9-23-19/h3-7,9,11,14-16,20H,8,10,12-13H2,1-2H3,(H,24,28). The lowest BCUT2D eigenvalue weighted by Gasteiger charge is -2.28. The molecule has 2 aromatic rings. The molecule has 0 radical (unpaired) electrons. The van der Waals surface area contributed by atoms with Crippen molar-refractivity contribution in [3.05, 3.63) is 48.6 Å². The van der Waals surface area contributed by atoms with Crippen LogP contribution in [0, 0.1) is 5.92 Å². The van der Waals surface area contributed by atoms with Crippen molar-refractivity contribution in [2.75, 3.05) is 13.1 Å². The Kier molecular flexibility index (Phi) is 6.35. The summed E-state index contributed by atoms with van der Waals surface area (Å²) in [6.45, 7) is 3.76. The van der Waals surface area contributed by atoms with Crippen LogP contribution in [0.3, 0.4) is 0 Å². The summed E-state index contributed by atoms with van der Waals surface area (Å²) in [4.78, 5) is 44.2. The highest BCUT2D eigenvalue weighted by Gasteiger charge is 2.54. The summed E-state index contributed by atoms with van der Waals surface area (Å²) in [5, 5.41) is 2.58. The van der Waals surface area contributed by atoms with Gasteiger partial charge in [-0.3, -0.25) is 14.4 Å². The predicted octanol–water partition coefficient (Wildman–Crippen LogP) is 1.06. The first-order chi connectivity index (χ1) is 15.7. The third kappa shape index (κ3) is 4.42. The van der Waals surface area contributed by atoms with E-state index in [4.69, 9.17) is 4.42 Å². The highest BCUT2D eigenvalue weighted by atomic mass is 32.2. The maximum Gasteiger partial charge on any atom is 0.287 e. The number of carbonyl (C=O) groups excluding carboxylic acids is 3. The average molecular weight is 475 g/mol. The summed E-state index contributed by atoms with van der Waals surface area (Å²) < 4.78 is 32.5. The quantitative estimate of drug-likeness (QED) is 0.635. The zero-order chi connectivity index (χ0) is 23.8. The van der Waals surface area contributed by atoms with Crippen molar-refractivity contribution in [3.8, 4) is 0 Å². The molecule has 2 fully saturated rings. The summed E-state index contributed by atoms with van der Waals surface area (Å²) in [7, 11) is -3.98. The number of likely N-dealkylation sites (tertiary alicyclic amines) is 1. The molecule has 176 valence electrons. The monoisotopic (exact) mass is 474 g/mol. The lowest BCUT2D eigenvalue weighted by molar-refractivity contribution is -0.138. The van der Waals surface area contributed by atoms with E-state index in [1.165, 1.54) is 29.5 Å². The fraction of sp³-hybridized carbons (Fsp3) is 0.455. The maximum atomic E-state index is 13.4. The molecule has 2 aromatic heterocycles. The second-order valence-electron chi connectivity index (χ2n) is 8.65. The number of rotatable bonds is 7. The van der Waals surface area contributed by atoms with Crippen LogP contribution in [0.15, 0.2) is 52.2 Å². The molecule has 0 saturated carbocycles. The van der Waals surface area contributed by atoms with Crippen LogP contribution in [0.25, 0.3) is 0 Å². The highest BCUT2D eigenvalue weighted by molar-refractivity contribution is 7.89. The molecule has 0 bridgehead atoms. The number of aromatic nitrogens is 1. The number of ketones is 1. The molecule has 2 aliphatic heterocycles. The molecule has 3 unspecified atom stereocenters. The summed E-state index contributed by atoms with van der Waals surface area (Å²) in [5.74, 6) is -1.09. The Balaban J connectivity index is 1.55.